The molecule has 0 heterocycles. The maximum atomic E-state index is 12.0. The van der Waals surface area contributed by atoms with Gasteiger partial charge in [0.1, 0.15) is 0 Å². The Morgan fingerprint density at radius 1 is 1.09 bits per heavy atom. The maximum Gasteiger partial charge on any atom is 0.297 e. The lowest BCUT2D eigenvalue weighted by atomic mass is 10.1. The van der Waals surface area contributed by atoms with E-state index in [0.717, 1.165) is 15.6 Å². The van der Waals surface area contributed by atoms with Gasteiger partial charge in [-0.25, -0.2) is 0 Å². The molecular weight excluding hydrogens is 380 g/mol. The van der Waals surface area contributed by atoms with Crippen molar-refractivity contribution in [2.75, 3.05) is 6.61 Å². The van der Waals surface area contributed by atoms with E-state index in [-0.39, 0.29) is 11.5 Å². The third-order valence-electron chi connectivity index (χ3n) is 3.40. The molecule has 6 heteroatoms. The van der Waals surface area contributed by atoms with Crippen molar-refractivity contribution >= 4 is 26.0 Å². The zero-order valence-corrected chi connectivity index (χ0v) is 15.2. The first-order valence-corrected chi connectivity index (χ1v) is 9.45. The Bertz CT molecular complexity index is 724. The molecule has 4 nitrogen and oxygen atoms in total. The van der Waals surface area contributed by atoms with Crippen molar-refractivity contribution in [1.82, 2.24) is 0 Å². The minimum atomic E-state index is -3.83. The summed E-state index contributed by atoms with van der Waals surface area (Å²) in [7, 11) is -3.83. The van der Waals surface area contributed by atoms with E-state index in [1.165, 1.54) is 12.1 Å². The Hall–Kier alpha value is -1.21. The highest BCUT2D eigenvalue weighted by Crippen LogP contribution is 2.15. The summed E-state index contributed by atoms with van der Waals surface area (Å²) in [5, 5.41) is 9.92. The van der Waals surface area contributed by atoms with E-state index in [4.69, 9.17) is 4.18 Å². The van der Waals surface area contributed by atoms with Gasteiger partial charge in [0.15, 0.2) is 0 Å². The van der Waals surface area contributed by atoms with Gasteiger partial charge in [0, 0.05) is 4.47 Å². The Morgan fingerprint density at radius 2 is 1.70 bits per heavy atom. The van der Waals surface area contributed by atoms with E-state index >= 15 is 0 Å². The lowest BCUT2D eigenvalue weighted by Crippen LogP contribution is -2.19. The third kappa shape index (κ3) is 5.73. The molecule has 0 spiro atoms. The molecule has 124 valence electrons. The van der Waals surface area contributed by atoms with Crippen molar-refractivity contribution in [3.8, 4) is 0 Å². The number of aliphatic hydroxyl groups is 1. The summed E-state index contributed by atoms with van der Waals surface area (Å²) in [6.07, 6.45) is 0.256. The molecule has 1 N–H and O–H groups in total. The smallest absolute Gasteiger partial charge is 0.297 e. The summed E-state index contributed by atoms with van der Waals surface area (Å²) in [5.41, 5.74) is 2.05. The van der Waals surface area contributed by atoms with Gasteiger partial charge in [-0.1, -0.05) is 45.8 Å². The summed E-state index contributed by atoms with van der Waals surface area (Å²) in [6, 6.07) is 14.2. The average Bonchev–Trinajstić information content (AvgIpc) is 2.53. The average molecular weight is 399 g/mol. The van der Waals surface area contributed by atoms with Gasteiger partial charge >= 0.3 is 0 Å². The molecule has 1 unspecified atom stereocenters. The standard InChI is InChI=1S/C17H19BrO4S/c1-13-2-10-17(11-3-13)23(20,21)22-12-16(19)9-6-14-4-7-15(18)8-5-14/h2-5,7-8,10-11,16,19H,6,9,12H2,1H3. The molecule has 2 aromatic carbocycles. The highest BCUT2D eigenvalue weighted by atomic mass is 79.9. The summed E-state index contributed by atoms with van der Waals surface area (Å²) >= 11 is 3.36. The monoisotopic (exact) mass is 398 g/mol. The molecule has 0 radical (unpaired) electrons. The molecule has 0 saturated carbocycles. The van der Waals surface area contributed by atoms with Crippen LogP contribution in [0.3, 0.4) is 0 Å². The van der Waals surface area contributed by atoms with Crippen molar-refractivity contribution in [1.29, 1.82) is 0 Å². The lowest BCUT2D eigenvalue weighted by Gasteiger charge is -2.11. The van der Waals surface area contributed by atoms with E-state index in [2.05, 4.69) is 15.9 Å². The number of benzene rings is 2. The van der Waals surface area contributed by atoms with Crippen LogP contribution in [0.5, 0.6) is 0 Å². The molecule has 0 aliphatic rings. The fourth-order valence-corrected chi connectivity index (χ4v) is 3.21. The lowest BCUT2D eigenvalue weighted by molar-refractivity contribution is 0.103. The van der Waals surface area contributed by atoms with E-state index in [1.807, 2.05) is 31.2 Å². The van der Waals surface area contributed by atoms with Crippen LogP contribution in [-0.4, -0.2) is 26.2 Å². The van der Waals surface area contributed by atoms with Crippen molar-refractivity contribution < 1.29 is 17.7 Å². The quantitative estimate of drug-likeness (QED) is 0.725. The third-order valence-corrected chi connectivity index (χ3v) is 5.23. The van der Waals surface area contributed by atoms with Crippen LogP contribution < -0.4 is 0 Å². The maximum absolute atomic E-state index is 12.0. The predicted molar refractivity (Wildman–Crippen MR) is 92.8 cm³/mol. The molecular formula is C17H19BrO4S. The summed E-state index contributed by atoms with van der Waals surface area (Å²) in [6.45, 7) is 1.63. The zero-order valence-electron chi connectivity index (χ0n) is 12.8. The fraction of sp³-hybridized carbons (Fsp3) is 0.294. The highest BCUT2D eigenvalue weighted by Gasteiger charge is 2.17. The van der Waals surface area contributed by atoms with E-state index in [9.17, 15) is 13.5 Å². The minimum Gasteiger partial charge on any atom is -0.391 e. The second kappa shape index (κ2) is 8.06. The van der Waals surface area contributed by atoms with Gasteiger partial charge in [-0.05, 0) is 49.6 Å². The molecule has 0 fully saturated rings. The number of aryl methyl sites for hydroxylation is 2. The van der Waals surface area contributed by atoms with Gasteiger partial charge in [-0.2, -0.15) is 8.42 Å². The molecule has 0 aliphatic carbocycles. The predicted octanol–water partition coefficient (Wildman–Crippen LogP) is 3.46. The van der Waals surface area contributed by atoms with Gasteiger partial charge in [-0.3, -0.25) is 4.18 Å². The first kappa shape index (κ1) is 18.1. The SMILES string of the molecule is Cc1ccc(S(=O)(=O)OCC(O)CCc2ccc(Br)cc2)cc1. The molecule has 2 rings (SSSR count). The topological polar surface area (TPSA) is 63.6 Å². The molecule has 0 saturated heterocycles. The molecule has 1 atom stereocenters. The van der Waals surface area contributed by atoms with E-state index in [0.29, 0.717) is 12.8 Å². The largest absolute Gasteiger partial charge is 0.391 e. The molecule has 0 aliphatic heterocycles. The second-order valence-electron chi connectivity index (χ2n) is 5.37. The number of halogens is 1. The van der Waals surface area contributed by atoms with Crippen LogP contribution >= 0.6 is 15.9 Å². The van der Waals surface area contributed by atoms with Crippen molar-refractivity contribution in [3.05, 3.63) is 64.1 Å². The number of hydrogen-bond acceptors (Lipinski definition) is 4. The first-order valence-electron chi connectivity index (χ1n) is 7.25. The number of hydrogen-bond donors (Lipinski definition) is 1. The Morgan fingerprint density at radius 3 is 2.30 bits per heavy atom. The fourth-order valence-electron chi connectivity index (χ4n) is 2.01. The summed E-state index contributed by atoms with van der Waals surface area (Å²) in [5.74, 6) is 0. The highest BCUT2D eigenvalue weighted by molar-refractivity contribution is 9.10. The molecule has 0 amide bonds. The molecule has 23 heavy (non-hydrogen) atoms. The molecule has 2 aromatic rings. The van der Waals surface area contributed by atoms with Crippen LogP contribution in [0.4, 0.5) is 0 Å². The van der Waals surface area contributed by atoms with Gasteiger partial charge < -0.3 is 5.11 Å². The Labute approximate surface area is 145 Å². The van der Waals surface area contributed by atoms with Crippen LogP contribution in [0.1, 0.15) is 17.5 Å². The van der Waals surface area contributed by atoms with Gasteiger partial charge in [0.2, 0.25) is 0 Å². The van der Waals surface area contributed by atoms with E-state index < -0.39 is 16.2 Å². The normalized spacial score (nSPS) is 13.0. The van der Waals surface area contributed by atoms with Crippen LogP contribution in [0, 0.1) is 6.92 Å². The van der Waals surface area contributed by atoms with Crippen LogP contribution in [0.2, 0.25) is 0 Å². The zero-order chi connectivity index (χ0) is 16.9. The summed E-state index contributed by atoms with van der Waals surface area (Å²) < 4.78 is 30.0. The van der Waals surface area contributed by atoms with Crippen molar-refractivity contribution in [2.45, 2.75) is 30.8 Å². The Balaban J connectivity index is 1.84. The first-order chi connectivity index (χ1) is 10.9. The van der Waals surface area contributed by atoms with Crippen LogP contribution in [-0.2, 0) is 20.7 Å². The summed E-state index contributed by atoms with van der Waals surface area (Å²) in [4.78, 5) is 0.100. The number of aliphatic hydroxyl groups excluding tert-OH is 1. The van der Waals surface area contributed by atoms with E-state index in [1.54, 1.807) is 12.1 Å². The van der Waals surface area contributed by atoms with Gasteiger partial charge in [0.05, 0.1) is 17.6 Å². The van der Waals surface area contributed by atoms with Crippen molar-refractivity contribution in [3.63, 3.8) is 0 Å². The van der Waals surface area contributed by atoms with Crippen molar-refractivity contribution in [2.24, 2.45) is 0 Å². The van der Waals surface area contributed by atoms with Gasteiger partial charge in [0.25, 0.3) is 10.1 Å². The minimum absolute atomic E-state index is 0.100. The number of rotatable bonds is 7. The Kier molecular flexibility index (Phi) is 6.35. The van der Waals surface area contributed by atoms with Crippen LogP contribution in [0.25, 0.3) is 0 Å². The molecule has 0 bridgehead atoms. The van der Waals surface area contributed by atoms with Gasteiger partial charge in [-0.15, -0.1) is 0 Å². The van der Waals surface area contributed by atoms with Crippen LogP contribution in [0.15, 0.2) is 57.9 Å². The second-order valence-corrected chi connectivity index (χ2v) is 7.90. The molecule has 0 aromatic heterocycles.